The van der Waals surface area contributed by atoms with Crippen LogP contribution in [0.4, 0.5) is 16.2 Å². The molecule has 0 bridgehead atoms. The van der Waals surface area contributed by atoms with E-state index in [1.807, 2.05) is 25.1 Å². The lowest BCUT2D eigenvalue weighted by Crippen LogP contribution is -2.31. The third kappa shape index (κ3) is 6.67. The summed E-state index contributed by atoms with van der Waals surface area (Å²) in [6.45, 7) is 7.96. The Balaban J connectivity index is 1.74. The zero-order valence-electron chi connectivity index (χ0n) is 16.4. The molecule has 1 fully saturated rings. The van der Waals surface area contributed by atoms with Gasteiger partial charge in [0.1, 0.15) is 0 Å². The van der Waals surface area contributed by atoms with Gasteiger partial charge in [0, 0.05) is 29.9 Å². The van der Waals surface area contributed by atoms with Gasteiger partial charge in [-0.1, -0.05) is 6.07 Å². The molecule has 144 valence electrons. The minimum absolute atomic E-state index is 0.0654. The summed E-state index contributed by atoms with van der Waals surface area (Å²) < 4.78 is 0. The highest BCUT2D eigenvalue weighted by Crippen LogP contribution is 2.30. The summed E-state index contributed by atoms with van der Waals surface area (Å²) in [6, 6.07) is 5.91. The first-order valence-electron chi connectivity index (χ1n) is 9.53. The smallest absolute Gasteiger partial charge is 0.319 e. The number of nitrogens with zero attached hydrogens (tertiary/aromatic N) is 1. The van der Waals surface area contributed by atoms with Crippen LogP contribution in [0.1, 0.15) is 45.1 Å². The Morgan fingerprint density at radius 3 is 2.58 bits per heavy atom. The maximum Gasteiger partial charge on any atom is 0.319 e. The van der Waals surface area contributed by atoms with Crippen molar-refractivity contribution in [2.75, 3.05) is 30.8 Å². The lowest BCUT2D eigenvalue weighted by atomic mass is 10.1. The molecule has 1 aromatic rings. The average molecular weight is 361 g/mol. The maximum absolute atomic E-state index is 12.1. The van der Waals surface area contributed by atoms with E-state index in [1.54, 1.807) is 0 Å². The van der Waals surface area contributed by atoms with Gasteiger partial charge in [0.25, 0.3) is 0 Å². The van der Waals surface area contributed by atoms with Gasteiger partial charge in [-0.2, -0.15) is 0 Å². The monoisotopic (exact) mass is 360 g/mol. The van der Waals surface area contributed by atoms with Crippen LogP contribution in [0.5, 0.6) is 0 Å². The van der Waals surface area contributed by atoms with E-state index in [0.29, 0.717) is 12.6 Å². The summed E-state index contributed by atoms with van der Waals surface area (Å²) >= 11 is 0. The van der Waals surface area contributed by atoms with Gasteiger partial charge in [-0.3, -0.25) is 4.79 Å². The molecular weight excluding hydrogens is 328 g/mol. The van der Waals surface area contributed by atoms with E-state index >= 15 is 0 Å². The molecule has 3 amide bonds. The van der Waals surface area contributed by atoms with Gasteiger partial charge in [-0.15, -0.1) is 0 Å². The Hall–Kier alpha value is -2.08. The Labute approximate surface area is 156 Å². The molecule has 0 spiro atoms. The fourth-order valence-electron chi connectivity index (χ4n) is 2.54. The number of unbranched alkanes of at least 4 members (excludes halogenated alkanes) is 1. The van der Waals surface area contributed by atoms with Crippen molar-refractivity contribution < 1.29 is 9.59 Å². The molecule has 2 rings (SSSR count). The minimum Gasteiger partial charge on any atom is -0.338 e. The molecule has 0 saturated heterocycles. The average Bonchev–Trinajstić information content (AvgIpc) is 3.42. The van der Waals surface area contributed by atoms with Crippen molar-refractivity contribution in [1.82, 2.24) is 10.2 Å². The standard InChI is InChI=1S/C20H32N4O2/c1-14(2)24(4)12-6-5-11-21-20(26)23-18-13-17(10-7-15(18)3)22-19(25)16-8-9-16/h7,10,13-14,16H,5-6,8-9,11-12H2,1-4H3,(H,22,25)(H2,21,23,26). The van der Waals surface area contributed by atoms with Crippen LogP contribution < -0.4 is 16.0 Å². The molecule has 1 aliphatic carbocycles. The largest absolute Gasteiger partial charge is 0.338 e. The number of benzene rings is 1. The minimum atomic E-state index is -0.212. The Kier molecular flexibility index (Phi) is 7.45. The van der Waals surface area contributed by atoms with Crippen molar-refractivity contribution in [1.29, 1.82) is 0 Å². The molecule has 3 N–H and O–H groups in total. The lowest BCUT2D eigenvalue weighted by molar-refractivity contribution is -0.117. The maximum atomic E-state index is 12.1. The third-order valence-corrected chi connectivity index (χ3v) is 4.81. The van der Waals surface area contributed by atoms with Crippen LogP contribution in [-0.4, -0.2) is 43.0 Å². The number of urea groups is 1. The second kappa shape index (κ2) is 9.57. The molecule has 0 heterocycles. The second-order valence-electron chi connectivity index (χ2n) is 7.46. The summed E-state index contributed by atoms with van der Waals surface area (Å²) in [6.07, 6.45) is 3.94. The number of carbonyl (C=O) groups is 2. The summed E-state index contributed by atoms with van der Waals surface area (Å²) in [5.74, 6) is 0.223. The fourth-order valence-corrected chi connectivity index (χ4v) is 2.54. The Morgan fingerprint density at radius 1 is 1.19 bits per heavy atom. The van der Waals surface area contributed by atoms with Gasteiger partial charge >= 0.3 is 6.03 Å². The van der Waals surface area contributed by atoms with Crippen LogP contribution in [0, 0.1) is 12.8 Å². The first kappa shape index (κ1) is 20.2. The number of hydrogen-bond acceptors (Lipinski definition) is 3. The van der Waals surface area contributed by atoms with E-state index in [-0.39, 0.29) is 17.9 Å². The number of rotatable bonds is 9. The lowest BCUT2D eigenvalue weighted by Gasteiger charge is -2.20. The number of nitrogens with one attached hydrogen (secondary N) is 3. The highest BCUT2D eigenvalue weighted by Gasteiger charge is 2.29. The summed E-state index contributed by atoms with van der Waals surface area (Å²) in [5.41, 5.74) is 2.40. The Bertz CT molecular complexity index is 626. The van der Waals surface area contributed by atoms with E-state index in [4.69, 9.17) is 0 Å². The topological polar surface area (TPSA) is 73.5 Å². The van der Waals surface area contributed by atoms with Crippen molar-refractivity contribution in [3.05, 3.63) is 23.8 Å². The molecule has 0 radical (unpaired) electrons. The highest BCUT2D eigenvalue weighted by molar-refractivity contribution is 5.96. The van der Waals surface area contributed by atoms with Crippen LogP contribution in [0.2, 0.25) is 0 Å². The van der Waals surface area contributed by atoms with Crippen LogP contribution in [0.15, 0.2) is 18.2 Å². The van der Waals surface area contributed by atoms with Gasteiger partial charge in [-0.25, -0.2) is 4.79 Å². The van der Waals surface area contributed by atoms with Crippen molar-refractivity contribution in [3.63, 3.8) is 0 Å². The quantitative estimate of drug-likeness (QED) is 0.589. The normalized spacial score (nSPS) is 13.8. The van der Waals surface area contributed by atoms with E-state index in [9.17, 15) is 9.59 Å². The van der Waals surface area contributed by atoms with Gasteiger partial charge in [0.2, 0.25) is 5.91 Å². The molecule has 1 aliphatic rings. The van der Waals surface area contributed by atoms with Gasteiger partial charge in [0.05, 0.1) is 0 Å². The molecule has 0 aliphatic heterocycles. The summed E-state index contributed by atoms with van der Waals surface area (Å²) in [4.78, 5) is 26.3. The molecule has 1 aromatic carbocycles. The molecule has 26 heavy (non-hydrogen) atoms. The predicted octanol–water partition coefficient (Wildman–Crippen LogP) is 3.59. The van der Waals surface area contributed by atoms with Crippen molar-refractivity contribution in [3.8, 4) is 0 Å². The fraction of sp³-hybridized carbons (Fsp3) is 0.600. The molecule has 0 aromatic heterocycles. The van der Waals surface area contributed by atoms with Crippen LogP contribution in [0.25, 0.3) is 0 Å². The van der Waals surface area contributed by atoms with Gasteiger partial charge in [0.15, 0.2) is 0 Å². The SMILES string of the molecule is Cc1ccc(NC(=O)C2CC2)cc1NC(=O)NCCCCN(C)C(C)C. The number of amides is 3. The summed E-state index contributed by atoms with van der Waals surface area (Å²) in [5, 5.41) is 8.68. The zero-order chi connectivity index (χ0) is 19.1. The number of hydrogen-bond donors (Lipinski definition) is 3. The van der Waals surface area contributed by atoms with E-state index in [1.165, 1.54) is 0 Å². The number of carbonyl (C=O) groups excluding carboxylic acids is 2. The van der Waals surface area contributed by atoms with Crippen LogP contribution in [-0.2, 0) is 4.79 Å². The molecule has 1 saturated carbocycles. The number of anilines is 2. The van der Waals surface area contributed by atoms with Crippen LogP contribution in [0.3, 0.4) is 0 Å². The molecule has 0 unspecified atom stereocenters. The predicted molar refractivity (Wildman–Crippen MR) is 107 cm³/mol. The van der Waals surface area contributed by atoms with Crippen molar-refractivity contribution in [2.24, 2.45) is 5.92 Å². The summed E-state index contributed by atoms with van der Waals surface area (Å²) in [7, 11) is 2.11. The van der Waals surface area contributed by atoms with Crippen molar-refractivity contribution in [2.45, 2.75) is 52.5 Å². The van der Waals surface area contributed by atoms with Crippen molar-refractivity contribution >= 4 is 23.3 Å². The first-order chi connectivity index (χ1) is 12.4. The van der Waals surface area contributed by atoms with E-state index < -0.39 is 0 Å². The molecule has 0 atom stereocenters. The van der Waals surface area contributed by atoms with Gasteiger partial charge in [-0.05, 0) is 77.7 Å². The first-order valence-corrected chi connectivity index (χ1v) is 9.53. The van der Waals surface area contributed by atoms with E-state index in [2.05, 4.69) is 41.7 Å². The third-order valence-electron chi connectivity index (χ3n) is 4.81. The molecule has 6 nitrogen and oxygen atoms in total. The highest BCUT2D eigenvalue weighted by atomic mass is 16.2. The zero-order valence-corrected chi connectivity index (χ0v) is 16.4. The van der Waals surface area contributed by atoms with E-state index in [0.717, 1.165) is 49.2 Å². The second-order valence-corrected chi connectivity index (χ2v) is 7.46. The number of aryl methyl sites for hydroxylation is 1. The Morgan fingerprint density at radius 2 is 1.92 bits per heavy atom. The van der Waals surface area contributed by atoms with Gasteiger partial charge < -0.3 is 20.9 Å². The van der Waals surface area contributed by atoms with Crippen LogP contribution >= 0.6 is 0 Å². The molecule has 6 heteroatoms. The molecular formula is C20H32N4O2.